The Labute approximate surface area is 180 Å². The van der Waals surface area contributed by atoms with Crippen molar-refractivity contribution >= 4 is 22.5 Å². The summed E-state index contributed by atoms with van der Waals surface area (Å²) in [6.07, 6.45) is 0. The van der Waals surface area contributed by atoms with E-state index >= 15 is 0 Å². The molecule has 0 aliphatic carbocycles. The predicted octanol–water partition coefficient (Wildman–Crippen LogP) is 5.66. The van der Waals surface area contributed by atoms with Gasteiger partial charge in [0.05, 0.1) is 20.3 Å². The van der Waals surface area contributed by atoms with Crippen molar-refractivity contribution in [3.8, 4) is 11.5 Å². The number of hydrogen-bond donors (Lipinski definition) is 2. The van der Waals surface area contributed by atoms with Gasteiger partial charge in [0.15, 0.2) is 11.5 Å². The van der Waals surface area contributed by atoms with E-state index in [1.807, 2.05) is 24.3 Å². The van der Waals surface area contributed by atoms with Gasteiger partial charge in [0.25, 0.3) is 0 Å². The van der Waals surface area contributed by atoms with Crippen LogP contribution in [0.15, 0.2) is 66.7 Å². The van der Waals surface area contributed by atoms with E-state index < -0.39 is 0 Å². The zero-order valence-electron chi connectivity index (χ0n) is 16.9. The molecule has 152 valence electrons. The Hall–Kier alpha value is -2.95. The average Bonchev–Trinajstić information content (AvgIpc) is 3.18. The van der Waals surface area contributed by atoms with Crippen LogP contribution in [0, 0.1) is 0 Å². The monoisotopic (exact) mass is 418 g/mol. The standard InChI is InChI=1S/C25H23ClN2O2/c1-29-21-9-5-7-17(25(21)30-2)19-14-27-23(15-10-12-16(26)13-11-15)24-22(19)18-6-3-4-8-20(18)28-24/h3-13,19,23,27-28H,14H2,1-2H3. The minimum atomic E-state index is 0.0671. The van der Waals surface area contributed by atoms with Gasteiger partial charge >= 0.3 is 0 Å². The van der Waals surface area contributed by atoms with Crippen molar-refractivity contribution in [2.75, 3.05) is 20.8 Å². The maximum absolute atomic E-state index is 6.13. The van der Waals surface area contributed by atoms with Crippen LogP contribution in [0.2, 0.25) is 5.02 Å². The van der Waals surface area contributed by atoms with Crippen LogP contribution in [0.4, 0.5) is 0 Å². The average molecular weight is 419 g/mol. The molecular weight excluding hydrogens is 396 g/mol. The highest BCUT2D eigenvalue weighted by molar-refractivity contribution is 6.30. The molecule has 1 aliphatic heterocycles. The summed E-state index contributed by atoms with van der Waals surface area (Å²) in [5, 5.41) is 5.72. The summed E-state index contributed by atoms with van der Waals surface area (Å²) in [4.78, 5) is 3.68. The maximum atomic E-state index is 6.13. The lowest BCUT2D eigenvalue weighted by atomic mass is 9.82. The minimum Gasteiger partial charge on any atom is -0.493 e. The fourth-order valence-corrected chi connectivity index (χ4v) is 4.74. The SMILES string of the molecule is COc1cccc(C2CNC(c3ccc(Cl)cc3)c3[nH]c4ccccc4c32)c1OC. The molecule has 30 heavy (non-hydrogen) atoms. The number of rotatable bonds is 4. The Balaban J connectivity index is 1.71. The van der Waals surface area contributed by atoms with Crippen molar-refractivity contribution in [3.05, 3.63) is 94.1 Å². The van der Waals surface area contributed by atoms with E-state index in [4.69, 9.17) is 21.1 Å². The van der Waals surface area contributed by atoms with Crippen molar-refractivity contribution in [2.45, 2.75) is 12.0 Å². The highest BCUT2D eigenvalue weighted by Gasteiger charge is 2.34. The lowest BCUT2D eigenvalue weighted by Crippen LogP contribution is -2.34. The molecule has 5 rings (SSSR count). The van der Waals surface area contributed by atoms with Gasteiger partial charge < -0.3 is 19.8 Å². The van der Waals surface area contributed by atoms with Crippen molar-refractivity contribution in [2.24, 2.45) is 0 Å². The third kappa shape index (κ3) is 3.04. The number of para-hydroxylation sites is 2. The molecule has 2 heterocycles. The fraction of sp³-hybridized carbons (Fsp3) is 0.200. The number of hydrogen-bond acceptors (Lipinski definition) is 3. The Morgan fingerprint density at radius 1 is 0.900 bits per heavy atom. The first-order valence-electron chi connectivity index (χ1n) is 10.0. The van der Waals surface area contributed by atoms with Gasteiger partial charge in [0.2, 0.25) is 0 Å². The van der Waals surface area contributed by atoms with Crippen molar-refractivity contribution < 1.29 is 9.47 Å². The lowest BCUT2D eigenvalue weighted by molar-refractivity contribution is 0.349. The molecule has 2 unspecified atom stereocenters. The van der Waals surface area contributed by atoms with E-state index in [1.54, 1.807) is 14.2 Å². The molecule has 5 heteroatoms. The van der Waals surface area contributed by atoms with Crippen LogP contribution >= 0.6 is 11.6 Å². The molecule has 0 saturated carbocycles. The van der Waals surface area contributed by atoms with Gasteiger partial charge in [-0.05, 0) is 35.4 Å². The zero-order valence-corrected chi connectivity index (χ0v) is 17.7. The molecule has 1 aliphatic rings. The highest BCUT2D eigenvalue weighted by atomic mass is 35.5. The number of H-pyrrole nitrogens is 1. The summed E-state index contributed by atoms with van der Waals surface area (Å²) in [6.45, 7) is 0.783. The van der Waals surface area contributed by atoms with E-state index in [0.29, 0.717) is 0 Å². The number of ether oxygens (including phenoxy) is 2. The summed E-state index contributed by atoms with van der Waals surface area (Å²) >= 11 is 6.13. The van der Waals surface area contributed by atoms with Crippen LogP contribution in [0.3, 0.4) is 0 Å². The molecule has 4 nitrogen and oxygen atoms in total. The van der Waals surface area contributed by atoms with Gasteiger partial charge in [0, 0.05) is 39.6 Å². The quantitative estimate of drug-likeness (QED) is 0.449. The first kappa shape index (κ1) is 19.0. The summed E-state index contributed by atoms with van der Waals surface area (Å²) in [5.74, 6) is 1.66. The van der Waals surface area contributed by atoms with Gasteiger partial charge in [-0.1, -0.05) is 54.1 Å². The fourth-order valence-electron chi connectivity index (χ4n) is 4.62. The molecule has 0 fully saturated rings. The Morgan fingerprint density at radius 3 is 2.47 bits per heavy atom. The van der Waals surface area contributed by atoms with E-state index in [1.165, 1.54) is 22.2 Å². The molecule has 4 aromatic rings. The highest BCUT2D eigenvalue weighted by Crippen LogP contribution is 2.45. The van der Waals surface area contributed by atoms with E-state index in [0.717, 1.165) is 34.1 Å². The lowest BCUT2D eigenvalue weighted by Gasteiger charge is -2.32. The Bertz CT molecular complexity index is 1200. The largest absolute Gasteiger partial charge is 0.493 e. The minimum absolute atomic E-state index is 0.0671. The van der Waals surface area contributed by atoms with Crippen molar-refractivity contribution in [1.82, 2.24) is 10.3 Å². The molecule has 0 amide bonds. The number of nitrogens with one attached hydrogen (secondary N) is 2. The van der Waals surface area contributed by atoms with Gasteiger partial charge in [-0.2, -0.15) is 0 Å². The first-order chi connectivity index (χ1) is 14.7. The smallest absolute Gasteiger partial charge is 0.164 e. The summed E-state index contributed by atoms with van der Waals surface area (Å²) < 4.78 is 11.3. The molecule has 0 saturated heterocycles. The second-order valence-electron chi connectivity index (χ2n) is 7.53. The van der Waals surface area contributed by atoms with E-state index in [-0.39, 0.29) is 12.0 Å². The first-order valence-corrected chi connectivity index (χ1v) is 10.4. The van der Waals surface area contributed by atoms with Crippen LogP contribution in [-0.2, 0) is 0 Å². The summed E-state index contributed by atoms with van der Waals surface area (Å²) in [6, 6.07) is 22.7. The second kappa shape index (κ2) is 7.71. The molecule has 0 radical (unpaired) electrons. The number of fused-ring (bicyclic) bond motifs is 3. The predicted molar refractivity (Wildman–Crippen MR) is 121 cm³/mol. The number of methoxy groups -OCH3 is 2. The number of halogens is 1. The van der Waals surface area contributed by atoms with Gasteiger partial charge in [0.1, 0.15) is 0 Å². The normalized spacial score (nSPS) is 18.2. The second-order valence-corrected chi connectivity index (χ2v) is 7.96. The van der Waals surface area contributed by atoms with Crippen LogP contribution in [0.5, 0.6) is 11.5 Å². The van der Waals surface area contributed by atoms with Gasteiger partial charge in [-0.25, -0.2) is 0 Å². The Kier molecular flexibility index (Phi) is 4.89. The number of aromatic nitrogens is 1. The molecule has 0 bridgehead atoms. The van der Waals surface area contributed by atoms with Crippen LogP contribution < -0.4 is 14.8 Å². The van der Waals surface area contributed by atoms with Crippen molar-refractivity contribution in [3.63, 3.8) is 0 Å². The third-order valence-electron chi connectivity index (χ3n) is 5.95. The molecule has 3 aromatic carbocycles. The van der Waals surface area contributed by atoms with Crippen molar-refractivity contribution in [1.29, 1.82) is 0 Å². The zero-order chi connectivity index (χ0) is 20.7. The third-order valence-corrected chi connectivity index (χ3v) is 6.20. The summed E-state index contributed by atoms with van der Waals surface area (Å²) in [7, 11) is 3.37. The topological polar surface area (TPSA) is 46.3 Å². The van der Waals surface area contributed by atoms with Gasteiger partial charge in [-0.15, -0.1) is 0 Å². The molecule has 2 atom stereocenters. The van der Waals surface area contributed by atoms with Crippen LogP contribution in [0.25, 0.3) is 10.9 Å². The molecule has 2 N–H and O–H groups in total. The summed E-state index contributed by atoms with van der Waals surface area (Å²) in [5.41, 5.74) is 5.92. The molecule has 1 aromatic heterocycles. The molecular formula is C25H23ClN2O2. The van der Waals surface area contributed by atoms with Crippen LogP contribution in [-0.4, -0.2) is 25.7 Å². The Morgan fingerprint density at radius 2 is 1.70 bits per heavy atom. The van der Waals surface area contributed by atoms with E-state index in [2.05, 4.69) is 52.8 Å². The number of aromatic amines is 1. The van der Waals surface area contributed by atoms with Gasteiger partial charge in [-0.3, -0.25) is 0 Å². The van der Waals surface area contributed by atoms with E-state index in [9.17, 15) is 0 Å². The number of benzene rings is 3. The maximum Gasteiger partial charge on any atom is 0.164 e. The van der Waals surface area contributed by atoms with Crippen LogP contribution in [0.1, 0.15) is 34.3 Å². The molecule has 0 spiro atoms.